The van der Waals surface area contributed by atoms with E-state index in [0.29, 0.717) is 11.7 Å². The van der Waals surface area contributed by atoms with Gasteiger partial charge in [-0.1, -0.05) is 18.0 Å². The fourth-order valence-electron chi connectivity index (χ4n) is 2.77. The molecule has 0 saturated heterocycles. The summed E-state index contributed by atoms with van der Waals surface area (Å²) in [5.74, 6) is 1.97. The molecule has 1 aromatic heterocycles. The van der Waals surface area contributed by atoms with E-state index in [9.17, 15) is 0 Å². The van der Waals surface area contributed by atoms with Gasteiger partial charge < -0.3 is 15.0 Å². The molecule has 0 unspecified atom stereocenters. The summed E-state index contributed by atoms with van der Waals surface area (Å²) in [7, 11) is 1.65. The molecule has 1 aliphatic carbocycles. The highest BCUT2D eigenvalue weighted by atomic mass is 16.5. The van der Waals surface area contributed by atoms with E-state index in [2.05, 4.69) is 10.1 Å². The summed E-state index contributed by atoms with van der Waals surface area (Å²) in [4.78, 5) is 4.51. The lowest BCUT2D eigenvalue weighted by Gasteiger charge is -2.17. The highest BCUT2D eigenvalue weighted by Crippen LogP contribution is 2.36. The molecule has 2 aromatic rings. The van der Waals surface area contributed by atoms with Gasteiger partial charge in [0, 0.05) is 5.56 Å². The normalized spacial score (nSPS) is 17.4. The molecule has 0 radical (unpaired) electrons. The van der Waals surface area contributed by atoms with Crippen LogP contribution in [-0.2, 0) is 5.54 Å². The van der Waals surface area contributed by atoms with Crippen LogP contribution in [0.15, 0.2) is 22.7 Å². The second kappa shape index (κ2) is 4.90. The summed E-state index contributed by atoms with van der Waals surface area (Å²) in [6, 6.07) is 5.77. The van der Waals surface area contributed by atoms with E-state index in [1.54, 1.807) is 7.11 Å². The van der Waals surface area contributed by atoms with E-state index in [4.69, 9.17) is 15.0 Å². The van der Waals surface area contributed by atoms with Crippen molar-refractivity contribution in [1.82, 2.24) is 10.1 Å². The molecular weight excluding hydrogens is 254 g/mol. The number of nitrogens with two attached hydrogens (primary N) is 1. The van der Waals surface area contributed by atoms with Crippen LogP contribution >= 0.6 is 0 Å². The maximum atomic E-state index is 6.35. The van der Waals surface area contributed by atoms with Crippen LogP contribution in [0.4, 0.5) is 0 Å². The maximum Gasteiger partial charge on any atom is 0.258 e. The Morgan fingerprint density at radius 1 is 1.30 bits per heavy atom. The first-order chi connectivity index (χ1) is 9.62. The minimum absolute atomic E-state index is 0.415. The standard InChI is InChI=1S/C15H19N3O2/c1-10-9-11(19-2)5-6-12(10)13-17-14(18-20-13)15(16)7-3-4-8-15/h5-6,9H,3-4,7-8,16H2,1-2H3. The monoisotopic (exact) mass is 273 g/mol. The van der Waals surface area contributed by atoms with Gasteiger partial charge in [-0.05, 0) is 43.5 Å². The Morgan fingerprint density at radius 3 is 2.70 bits per heavy atom. The van der Waals surface area contributed by atoms with Gasteiger partial charge in [0.1, 0.15) is 5.75 Å². The molecule has 0 aliphatic heterocycles. The third-order valence-corrected chi connectivity index (χ3v) is 4.03. The quantitative estimate of drug-likeness (QED) is 0.930. The molecule has 5 heteroatoms. The Morgan fingerprint density at radius 2 is 2.05 bits per heavy atom. The largest absolute Gasteiger partial charge is 0.497 e. The molecule has 0 bridgehead atoms. The Hall–Kier alpha value is -1.88. The van der Waals surface area contributed by atoms with Crippen molar-refractivity contribution in [3.63, 3.8) is 0 Å². The summed E-state index contributed by atoms with van der Waals surface area (Å²) in [6.45, 7) is 2.00. The van der Waals surface area contributed by atoms with Crippen LogP contribution in [0.2, 0.25) is 0 Å². The predicted octanol–water partition coefficient (Wildman–Crippen LogP) is 2.78. The fourth-order valence-corrected chi connectivity index (χ4v) is 2.77. The van der Waals surface area contributed by atoms with E-state index in [1.165, 1.54) is 0 Å². The number of methoxy groups -OCH3 is 1. The van der Waals surface area contributed by atoms with Crippen molar-refractivity contribution in [2.45, 2.75) is 38.1 Å². The van der Waals surface area contributed by atoms with Crippen LogP contribution in [0, 0.1) is 6.92 Å². The molecule has 106 valence electrons. The summed E-state index contributed by atoms with van der Waals surface area (Å²) in [5.41, 5.74) is 7.90. The highest BCUT2D eigenvalue weighted by molar-refractivity contribution is 5.60. The van der Waals surface area contributed by atoms with E-state index < -0.39 is 5.54 Å². The number of aryl methyl sites for hydroxylation is 1. The van der Waals surface area contributed by atoms with Crippen molar-refractivity contribution in [1.29, 1.82) is 0 Å². The molecule has 1 heterocycles. The summed E-state index contributed by atoms with van der Waals surface area (Å²) in [6.07, 6.45) is 4.10. The Labute approximate surface area is 118 Å². The zero-order valence-electron chi connectivity index (χ0n) is 11.8. The Bertz CT molecular complexity index is 615. The van der Waals surface area contributed by atoms with Gasteiger partial charge in [0.15, 0.2) is 5.82 Å². The van der Waals surface area contributed by atoms with Crippen LogP contribution in [0.25, 0.3) is 11.5 Å². The van der Waals surface area contributed by atoms with Gasteiger partial charge in [0.25, 0.3) is 5.89 Å². The number of hydrogen-bond donors (Lipinski definition) is 1. The topological polar surface area (TPSA) is 74.2 Å². The molecule has 0 spiro atoms. The first-order valence-electron chi connectivity index (χ1n) is 6.90. The smallest absolute Gasteiger partial charge is 0.258 e. The van der Waals surface area contributed by atoms with E-state index in [0.717, 1.165) is 42.6 Å². The third kappa shape index (κ3) is 2.18. The molecular formula is C15H19N3O2. The number of ether oxygens (including phenoxy) is 1. The van der Waals surface area contributed by atoms with Gasteiger partial charge in [-0.3, -0.25) is 0 Å². The Kier molecular flexibility index (Phi) is 3.22. The molecule has 1 saturated carbocycles. The fraction of sp³-hybridized carbons (Fsp3) is 0.467. The van der Waals surface area contributed by atoms with Gasteiger partial charge in [0.05, 0.1) is 12.6 Å². The molecule has 3 rings (SSSR count). The number of nitrogens with zero attached hydrogens (tertiary/aromatic N) is 2. The lowest BCUT2D eigenvalue weighted by atomic mass is 9.98. The van der Waals surface area contributed by atoms with Gasteiger partial charge in [-0.15, -0.1) is 0 Å². The van der Waals surface area contributed by atoms with Gasteiger partial charge in [-0.25, -0.2) is 0 Å². The van der Waals surface area contributed by atoms with Crippen LogP contribution in [0.3, 0.4) is 0 Å². The van der Waals surface area contributed by atoms with Crippen LogP contribution in [0.1, 0.15) is 37.1 Å². The summed E-state index contributed by atoms with van der Waals surface area (Å²) >= 11 is 0. The molecule has 1 aliphatic rings. The van der Waals surface area contributed by atoms with Crippen molar-refractivity contribution in [2.75, 3.05) is 7.11 Å². The second-order valence-corrected chi connectivity index (χ2v) is 5.47. The van der Waals surface area contributed by atoms with Crippen LogP contribution in [0.5, 0.6) is 5.75 Å². The zero-order valence-corrected chi connectivity index (χ0v) is 11.8. The molecule has 2 N–H and O–H groups in total. The lowest BCUT2D eigenvalue weighted by Crippen LogP contribution is -2.34. The van der Waals surface area contributed by atoms with Crippen LogP contribution < -0.4 is 10.5 Å². The molecule has 5 nitrogen and oxygen atoms in total. The van der Waals surface area contributed by atoms with Crippen molar-refractivity contribution in [3.8, 4) is 17.2 Å². The first kappa shape index (κ1) is 13.1. The minimum atomic E-state index is -0.415. The number of rotatable bonds is 3. The Balaban J connectivity index is 1.94. The van der Waals surface area contributed by atoms with Crippen molar-refractivity contribution in [2.24, 2.45) is 5.73 Å². The molecule has 1 fully saturated rings. The molecule has 20 heavy (non-hydrogen) atoms. The molecule has 0 atom stereocenters. The van der Waals surface area contributed by atoms with Crippen molar-refractivity contribution < 1.29 is 9.26 Å². The van der Waals surface area contributed by atoms with E-state index in [-0.39, 0.29) is 0 Å². The number of hydrogen-bond acceptors (Lipinski definition) is 5. The third-order valence-electron chi connectivity index (χ3n) is 4.03. The average Bonchev–Trinajstić information content (AvgIpc) is 3.08. The first-order valence-corrected chi connectivity index (χ1v) is 6.90. The van der Waals surface area contributed by atoms with E-state index in [1.807, 2.05) is 25.1 Å². The maximum absolute atomic E-state index is 6.35. The van der Waals surface area contributed by atoms with Crippen molar-refractivity contribution in [3.05, 3.63) is 29.6 Å². The summed E-state index contributed by atoms with van der Waals surface area (Å²) in [5, 5.41) is 4.09. The number of benzene rings is 1. The lowest BCUT2D eigenvalue weighted by molar-refractivity contribution is 0.372. The number of aromatic nitrogens is 2. The van der Waals surface area contributed by atoms with Gasteiger partial charge in [-0.2, -0.15) is 4.98 Å². The second-order valence-electron chi connectivity index (χ2n) is 5.47. The summed E-state index contributed by atoms with van der Waals surface area (Å²) < 4.78 is 10.6. The van der Waals surface area contributed by atoms with Gasteiger partial charge in [0.2, 0.25) is 0 Å². The predicted molar refractivity (Wildman–Crippen MR) is 75.4 cm³/mol. The van der Waals surface area contributed by atoms with Crippen molar-refractivity contribution >= 4 is 0 Å². The highest BCUT2D eigenvalue weighted by Gasteiger charge is 2.36. The van der Waals surface area contributed by atoms with E-state index >= 15 is 0 Å². The minimum Gasteiger partial charge on any atom is -0.497 e. The molecule has 0 amide bonds. The zero-order chi connectivity index (χ0) is 14.2. The molecule has 1 aromatic carbocycles. The van der Waals surface area contributed by atoms with Crippen LogP contribution in [-0.4, -0.2) is 17.3 Å². The average molecular weight is 273 g/mol. The van der Waals surface area contributed by atoms with Gasteiger partial charge >= 0.3 is 0 Å². The SMILES string of the molecule is COc1ccc(-c2nc(C3(N)CCCC3)no2)c(C)c1.